The van der Waals surface area contributed by atoms with E-state index in [9.17, 15) is 58.2 Å². The second-order valence-electron chi connectivity index (χ2n) is 26.1. The molecule has 1 fully saturated rings. The Hall–Kier alpha value is -6.17. The van der Waals surface area contributed by atoms with Crippen LogP contribution in [0.25, 0.3) is 0 Å². The van der Waals surface area contributed by atoms with E-state index in [-0.39, 0.29) is 55.8 Å². The predicted octanol–water partition coefficient (Wildman–Crippen LogP) is 2.29. The van der Waals surface area contributed by atoms with Crippen molar-refractivity contribution in [1.82, 2.24) is 56.0 Å². The SMILES string of the molecule is C/C=C/C[C@@H](C)[C@@H](O)[C@H]1C(=O)N[C@@H]([C@@H](C)O)C(=O)N(C)CC(=O)N(C)[C@@H]([C@@H](C)CC)C(=O)N[C@@H](CC(C)C)C(=O)N(C)[C@@H](CC(C)C)C(=O)N[C@@H](C)C(=O)N[C@H](C)C(=O)N(C)[C@@H](CC(C)C)C(=O)N[C@@H](CC(C)C)C(=O)N(C)[C@@H](C(C)C)C(=O)N1C. The minimum Gasteiger partial charge on any atom is -0.391 e. The van der Waals surface area contributed by atoms with Gasteiger partial charge in [0, 0.05) is 42.3 Å². The minimum atomic E-state index is -1.74. The van der Waals surface area contributed by atoms with E-state index in [0.717, 1.165) is 14.7 Å². The van der Waals surface area contributed by atoms with E-state index >= 15 is 4.79 Å². The zero-order chi connectivity index (χ0) is 66.7. The summed E-state index contributed by atoms with van der Waals surface area (Å²) < 4.78 is 0. The van der Waals surface area contributed by atoms with Gasteiger partial charge in [0.2, 0.25) is 65.0 Å². The lowest BCUT2D eigenvalue weighted by Crippen LogP contribution is -2.64. The summed E-state index contributed by atoms with van der Waals surface area (Å²) >= 11 is 0. The first-order valence-electron chi connectivity index (χ1n) is 30.8. The molecular weight excluding hydrogens is 1110 g/mol. The number of hydrogen-bond acceptors (Lipinski definition) is 13. The number of aliphatic hydroxyl groups is 2. The molecular formula is C62H111N11O13. The van der Waals surface area contributed by atoms with Crippen LogP contribution in [0.2, 0.25) is 0 Å². The lowest BCUT2D eigenvalue weighted by atomic mass is 9.91. The Morgan fingerprint density at radius 1 is 0.477 bits per heavy atom. The van der Waals surface area contributed by atoms with Crippen molar-refractivity contribution in [3.8, 4) is 0 Å². The van der Waals surface area contributed by atoms with Crippen LogP contribution in [0.4, 0.5) is 0 Å². The van der Waals surface area contributed by atoms with Crippen LogP contribution in [0.1, 0.15) is 156 Å². The zero-order valence-electron chi connectivity index (χ0n) is 56.1. The van der Waals surface area contributed by atoms with E-state index < -0.39 is 162 Å². The maximum Gasteiger partial charge on any atom is 0.248 e. The van der Waals surface area contributed by atoms with Gasteiger partial charge in [-0.1, -0.05) is 109 Å². The summed E-state index contributed by atoms with van der Waals surface area (Å²) in [5.74, 6) is -10.7. The molecule has 0 aromatic rings. The van der Waals surface area contributed by atoms with Crippen LogP contribution in [0.15, 0.2) is 12.2 Å². The molecule has 0 aliphatic carbocycles. The lowest BCUT2D eigenvalue weighted by molar-refractivity contribution is -0.155. The summed E-state index contributed by atoms with van der Waals surface area (Å²) in [5.41, 5.74) is 0. The van der Waals surface area contributed by atoms with Crippen LogP contribution in [-0.2, 0) is 52.7 Å². The number of allylic oxidation sites excluding steroid dienone is 2. The van der Waals surface area contributed by atoms with Gasteiger partial charge in [-0.2, -0.15) is 0 Å². The van der Waals surface area contributed by atoms with E-state index in [1.807, 2.05) is 62.3 Å². The Morgan fingerprint density at radius 3 is 1.34 bits per heavy atom. The van der Waals surface area contributed by atoms with Gasteiger partial charge in [-0.05, 0) is 101 Å². The van der Waals surface area contributed by atoms with Crippen molar-refractivity contribution in [2.24, 2.45) is 41.4 Å². The van der Waals surface area contributed by atoms with Crippen LogP contribution in [0, 0.1) is 41.4 Å². The largest absolute Gasteiger partial charge is 0.391 e. The van der Waals surface area contributed by atoms with Gasteiger partial charge in [0.05, 0.1) is 18.8 Å². The zero-order valence-corrected chi connectivity index (χ0v) is 56.1. The lowest BCUT2D eigenvalue weighted by Gasteiger charge is -2.40. The van der Waals surface area contributed by atoms with E-state index in [0.29, 0.717) is 6.42 Å². The van der Waals surface area contributed by atoms with Gasteiger partial charge in [-0.15, -0.1) is 0 Å². The monoisotopic (exact) mass is 1220 g/mol. The average molecular weight is 1220 g/mol. The highest BCUT2D eigenvalue weighted by molar-refractivity contribution is 5.99. The molecule has 1 saturated heterocycles. The van der Waals surface area contributed by atoms with Crippen molar-refractivity contribution >= 4 is 65.0 Å². The van der Waals surface area contributed by atoms with Crippen LogP contribution >= 0.6 is 0 Å². The van der Waals surface area contributed by atoms with Crippen molar-refractivity contribution in [2.45, 2.75) is 229 Å². The predicted molar refractivity (Wildman–Crippen MR) is 330 cm³/mol. The third kappa shape index (κ3) is 22.2. The second-order valence-corrected chi connectivity index (χ2v) is 26.1. The number of carbonyl (C=O) groups excluding carboxylic acids is 11. The topological polar surface area (TPSA) is 308 Å². The molecule has 0 radical (unpaired) electrons. The maximum atomic E-state index is 15.1. The van der Waals surface area contributed by atoms with Crippen molar-refractivity contribution < 1.29 is 63.0 Å². The first-order chi connectivity index (χ1) is 39.7. The van der Waals surface area contributed by atoms with Crippen LogP contribution in [0.3, 0.4) is 0 Å². The second kappa shape index (κ2) is 35.6. The molecule has 0 aromatic carbocycles. The third-order valence-corrected chi connectivity index (χ3v) is 16.1. The standard InChI is InChI=1S/C62H111N11O13/c1-24-26-27-39(14)52(76)51-57(81)67-48(42(17)74)61(85)68(18)32-47(75)71(21)50(38(13)25-2)56(80)66-43(28-33(3)4)59(83)70(20)45(30-35(7)8)54(78)63-40(15)53(77)64-41(16)58(82)69(19)46(31-36(9)10)55(79)65-44(29-34(5)6)60(84)72(22)49(37(11)12)62(86)73(51)23/h24,26,33-46,48-52,74,76H,25,27-32H2,1-23H3,(H,63,78)(H,64,77)(H,65,79)(H,66,80)(H,67,81)/b26-24+/t38-,39+,40-,41+,42+,43-,44-,45-,46-,48-,49-,50-,51-,52+/m0/s1. The van der Waals surface area contributed by atoms with Gasteiger partial charge in [-0.25, -0.2) is 0 Å². The molecule has 11 amide bonds. The Kier molecular flexibility index (Phi) is 32.2. The Balaban J connectivity index is 4.34. The summed E-state index contributed by atoms with van der Waals surface area (Å²) in [6.45, 7) is 28.6. The van der Waals surface area contributed by atoms with Gasteiger partial charge in [-0.3, -0.25) is 52.7 Å². The van der Waals surface area contributed by atoms with Crippen LogP contribution in [0.5, 0.6) is 0 Å². The van der Waals surface area contributed by atoms with E-state index in [2.05, 4.69) is 26.6 Å². The van der Waals surface area contributed by atoms with Crippen LogP contribution in [-0.4, -0.2) is 226 Å². The van der Waals surface area contributed by atoms with Gasteiger partial charge >= 0.3 is 0 Å². The molecule has 14 atom stereocenters. The molecule has 0 unspecified atom stereocenters. The van der Waals surface area contributed by atoms with Gasteiger partial charge < -0.3 is 66.2 Å². The molecule has 0 bridgehead atoms. The minimum absolute atomic E-state index is 0.0944. The number of likely N-dealkylation sites (N-methyl/N-ethyl adjacent to an activating group) is 6. The van der Waals surface area contributed by atoms with Crippen LogP contribution < -0.4 is 26.6 Å². The fourth-order valence-corrected chi connectivity index (χ4v) is 10.8. The van der Waals surface area contributed by atoms with Gasteiger partial charge in [0.25, 0.3) is 0 Å². The number of nitrogens with one attached hydrogen (secondary N) is 5. The van der Waals surface area contributed by atoms with E-state index in [1.54, 1.807) is 46.8 Å². The van der Waals surface area contributed by atoms with Crippen molar-refractivity contribution in [2.75, 3.05) is 48.8 Å². The quantitative estimate of drug-likeness (QED) is 0.109. The highest BCUT2D eigenvalue weighted by Crippen LogP contribution is 2.24. The number of amides is 11. The molecule has 24 nitrogen and oxygen atoms in total. The molecule has 0 saturated carbocycles. The molecule has 0 aromatic heterocycles. The first kappa shape index (κ1) is 77.8. The van der Waals surface area contributed by atoms with Gasteiger partial charge in [0.15, 0.2) is 0 Å². The Labute approximate surface area is 513 Å². The maximum absolute atomic E-state index is 15.1. The van der Waals surface area contributed by atoms with E-state index in [4.69, 9.17) is 0 Å². The summed E-state index contributed by atoms with van der Waals surface area (Å²) in [5, 5.41) is 36.9. The third-order valence-electron chi connectivity index (χ3n) is 16.1. The molecule has 86 heavy (non-hydrogen) atoms. The fraction of sp³-hybridized carbons (Fsp3) is 0.790. The highest BCUT2D eigenvalue weighted by Gasteiger charge is 2.45. The fourth-order valence-electron chi connectivity index (χ4n) is 10.8. The van der Waals surface area contributed by atoms with Crippen molar-refractivity contribution in [3.05, 3.63) is 12.2 Å². The molecule has 1 aliphatic heterocycles. The summed E-state index contributed by atoms with van der Waals surface area (Å²) in [6.07, 6.45) is 1.47. The Bertz CT molecular complexity index is 2350. The number of carbonyl (C=O) groups is 11. The average Bonchev–Trinajstić information content (AvgIpc) is 1.35. The first-order valence-corrected chi connectivity index (χ1v) is 30.8. The molecule has 7 N–H and O–H groups in total. The molecule has 1 aliphatic rings. The molecule has 1 heterocycles. The highest BCUT2D eigenvalue weighted by atomic mass is 16.3. The summed E-state index contributed by atoms with van der Waals surface area (Å²) in [4.78, 5) is 167. The number of rotatable bonds is 16. The Morgan fingerprint density at radius 2 is 0.895 bits per heavy atom. The normalized spacial score (nSPS) is 27.3. The van der Waals surface area contributed by atoms with Crippen molar-refractivity contribution in [1.29, 1.82) is 0 Å². The summed E-state index contributed by atoms with van der Waals surface area (Å²) in [7, 11) is 8.16. The van der Waals surface area contributed by atoms with Gasteiger partial charge in [0.1, 0.15) is 60.4 Å². The van der Waals surface area contributed by atoms with Crippen molar-refractivity contribution in [3.63, 3.8) is 0 Å². The molecule has 24 heteroatoms. The number of aliphatic hydroxyl groups excluding tert-OH is 2. The molecule has 0 spiro atoms. The number of nitrogens with zero attached hydrogens (tertiary/aromatic N) is 6. The smallest absolute Gasteiger partial charge is 0.248 e. The number of hydrogen-bond donors (Lipinski definition) is 7. The molecule has 492 valence electrons. The summed E-state index contributed by atoms with van der Waals surface area (Å²) in [6, 6.07) is -13.2. The molecule has 1 rings (SSSR count). The van der Waals surface area contributed by atoms with E-state index in [1.165, 1.54) is 77.8 Å².